The number of nitrogens with zero attached hydrogens (tertiary/aromatic N) is 1. The molecule has 0 saturated heterocycles. The average Bonchev–Trinajstić information content (AvgIpc) is 2.38. The number of methoxy groups -OCH3 is 1. The van der Waals surface area contributed by atoms with E-state index in [-0.39, 0.29) is 12.0 Å². The van der Waals surface area contributed by atoms with Crippen molar-refractivity contribution in [3.63, 3.8) is 0 Å². The van der Waals surface area contributed by atoms with Crippen LogP contribution in [0.15, 0.2) is 42.1 Å². The van der Waals surface area contributed by atoms with Crippen molar-refractivity contribution < 1.29 is 19.2 Å². The summed E-state index contributed by atoms with van der Waals surface area (Å²) >= 11 is 0. The van der Waals surface area contributed by atoms with Crippen molar-refractivity contribution in [1.29, 1.82) is 0 Å². The van der Waals surface area contributed by atoms with Gasteiger partial charge in [-0.05, 0) is 12.1 Å². The van der Waals surface area contributed by atoms with Crippen molar-refractivity contribution in [3.8, 4) is 0 Å². The third-order valence-electron chi connectivity index (χ3n) is 2.27. The molecule has 0 aromatic heterocycles. The molecule has 2 rings (SSSR count). The molecular formula is C12H11NO4. The summed E-state index contributed by atoms with van der Waals surface area (Å²) in [5, 5.41) is 1.26. The maximum Gasteiger partial charge on any atom is 0.337 e. The van der Waals surface area contributed by atoms with Crippen LogP contribution >= 0.6 is 0 Å². The van der Waals surface area contributed by atoms with Crippen LogP contribution in [0.2, 0.25) is 0 Å². The number of anilines is 1. The van der Waals surface area contributed by atoms with Crippen LogP contribution < -0.4 is 5.06 Å². The van der Waals surface area contributed by atoms with Gasteiger partial charge in [0.2, 0.25) is 0 Å². The van der Waals surface area contributed by atoms with Gasteiger partial charge in [0.25, 0.3) is 0 Å². The number of benzene rings is 1. The summed E-state index contributed by atoms with van der Waals surface area (Å²) in [4.78, 5) is 27.7. The Kier molecular flexibility index (Phi) is 3.09. The maximum atomic E-state index is 11.4. The van der Waals surface area contributed by atoms with Crippen molar-refractivity contribution in [1.82, 2.24) is 0 Å². The summed E-state index contributed by atoms with van der Waals surface area (Å²) in [6.45, 7) is 0. The topological polar surface area (TPSA) is 55.8 Å². The smallest absolute Gasteiger partial charge is 0.337 e. The molecule has 0 spiro atoms. The number of hydrogen-bond acceptors (Lipinski definition) is 5. The molecule has 1 aromatic carbocycles. The van der Waals surface area contributed by atoms with E-state index in [0.29, 0.717) is 5.69 Å². The fourth-order valence-corrected chi connectivity index (χ4v) is 1.47. The monoisotopic (exact) mass is 233 g/mol. The second kappa shape index (κ2) is 4.69. The quantitative estimate of drug-likeness (QED) is 0.723. The highest BCUT2D eigenvalue weighted by Gasteiger charge is 2.24. The van der Waals surface area contributed by atoms with Crippen molar-refractivity contribution in [2.24, 2.45) is 0 Å². The summed E-state index contributed by atoms with van der Waals surface area (Å²) in [5.74, 6) is -1.01. The molecule has 0 fully saturated rings. The number of rotatable bonds is 2. The zero-order valence-electron chi connectivity index (χ0n) is 9.25. The summed E-state index contributed by atoms with van der Waals surface area (Å²) in [5.41, 5.74) is 0.939. The zero-order valence-corrected chi connectivity index (χ0v) is 9.25. The molecule has 5 heteroatoms. The van der Waals surface area contributed by atoms with Gasteiger partial charge in [0.15, 0.2) is 0 Å². The van der Waals surface area contributed by atoms with Gasteiger partial charge in [-0.15, -0.1) is 0 Å². The number of esters is 1. The lowest BCUT2D eigenvalue weighted by Gasteiger charge is -2.24. The number of hydrogen-bond donors (Lipinski definition) is 0. The highest BCUT2D eigenvalue weighted by Crippen LogP contribution is 2.21. The first-order valence-corrected chi connectivity index (χ1v) is 5.05. The van der Waals surface area contributed by atoms with Gasteiger partial charge in [-0.2, -0.15) is 5.06 Å². The van der Waals surface area contributed by atoms with Gasteiger partial charge in [0.05, 0.1) is 31.0 Å². The largest absolute Gasteiger partial charge is 0.466 e. The minimum atomic E-state index is -0.525. The molecule has 0 radical (unpaired) electrons. The summed E-state index contributed by atoms with van der Waals surface area (Å²) in [6.07, 6.45) is 1.39. The van der Waals surface area contributed by atoms with E-state index < -0.39 is 11.9 Å². The SMILES string of the molecule is COC(=O)C1=CN(c2ccccc2)OC(=O)C1. The van der Waals surface area contributed by atoms with Crippen LogP contribution in [0.1, 0.15) is 6.42 Å². The molecule has 0 bridgehead atoms. The summed E-state index contributed by atoms with van der Waals surface area (Å²) < 4.78 is 4.58. The second-order valence-electron chi connectivity index (χ2n) is 3.45. The van der Waals surface area contributed by atoms with E-state index in [1.165, 1.54) is 18.4 Å². The van der Waals surface area contributed by atoms with Crippen LogP contribution in [0.5, 0.6) is 0 Å². The maximum absolute atomic E-state index is 11.4. The van der Waals surface area contributed by atoms with Crippen molar-refractivity contribution >= 4 is 17.6 Å². The van der Waals surface area contributed by atoms with Crippen LogP contribution in [0.4, 0.5) is 5.69 Å². The third kappa shape index (κ3) is 2.44. The molecule has 1 heterocycles. The van der Waals surface area contributed by atoms with Crippen molar-refractivity contribution in [2.45, 2.75) is 6.42 Å². The molecule has 0 aliphatic carbocycles. The lowest BCUT2D eigenvalue weighted by Crippen LogP contribution is -2.29. The Morgan fingerprint density at radius 2 is 2.06 bits per heavy atom. The first kappa shape index (κ1) is 11.2. The predicted molar refractivity (Wildman–Crippen MR) is 59.7 cm³/mol. The van der Waals surface area contributed by atoms with Gasteiger partial charge in [-0.25, -0.2) is 9.59 Å². The molecule has 17 heavy (non-hydrogen) atoms. The highest BCUT2D eigenvalue weighted by molar-refractivity contribution is 5.95. The van der Waals surface area contributed by atoms with Gasteiger partial charge in [0, 0.05) is 0 Å². The number of para-hydroxylation sites is 1. The summed E-state index contributed by atoms with van der Waals surface area (Å²) in [7, 11) is 1.27. The molecule has 1 aliphatic heterocycles. The lowest BCUT2D eigenvalue weighted by molar-refractivity contribution is -0.147. The fourth-order valence-electron chi connectivity index (χ4n) is 1.47. The fraction of sp³-hybridized carbons (Fsp3) is 0.167. The van der Waals surface area contributed by atoms with Gasteiger partial charge < -0.3 is 9.57 Å². The first-order chi connectivity index (χ1) is 8.20. The minimum absolute atomic E-state index is 0.0734. The molecule has 0 atom stereocenters. The van der Waals surface area contributed by atoms with E-state index in [2.05, 4.69) is 4.74 Å². The molecule has 0 saturated carbocycles. The van der Waals surface area contributed by atoms with Gasteiger partial charge in [-0.3, -0.25) is 0 Å². The number of hydroxylamine groups is 1. The Morgan fingerprint density at radius 1 is 1.35 bits per heavy atom. The Morgan fingerprint density at radius 3 is 2.71 bits per heavy atom. The molecule has 0 unspecified atom stereocenters. The van der Waals surface area contributed by atoms with Crippen LogP contribution in [0.3, 0.4) is 0 Å². The van der Waals surface area contributed by atoms with E-state index >= 15 is 0 Å². The molecule has 88 valence electrons. The van der Waals surface area contributed by atoms with Crippen LogP contribution in [-0.2, 0) is 19.2 Å². The normalized spacial score (nSPS) is 15.0. The van der Waals surface area contributed by atoms with E-state index in [9.17, 15) is 9.59 Å². The standard InChI is InChI=1S/C12H11NO4/c1-16-12(15)9-7-11(14)17-13(8-9)10-5-3-2-4-6-10/h2-6,8H,7H2,1H3. The Bertz CT molecular complexity index is 467. The number of ether oxygens (including phenoxy) is 1. The molecule has 0 N–H and O–H groups in total. The molecule has 1 aliphatic rings. The van der Waals surface area contributed by atoms with E-state index in [1.807, 2.05) is 18.2 Å². The first-order valence-electron chi connectivity index (χ1n) is 5.05. The summed E-state index contributed by atoms with van der Waals surface area (Å²) in [6, 6.07) is 9.00. The minimum Gasteiger partial charge on any atom is -0.466 e. The number of carbonyl (C=O) groups is 2. The van der Waals surface area contributed by atoms with Crippen LogP contribution in [-0.4, -0.2) is 19.0 Å². The predicted octanol–water partition coefficient (Wildman–Crippen LogP) is 1.41. The van der Waals surface area contributed by atoms with E-state index in [4.69, 9.17) is 4.84 Å². The van der Waals surface area contributed by atoms with Gasteiger partial charge in [0.1, 0.15) is 0 Å². The Labute approximate surface area is 98.2 Å². The molecule has 5 nitrogen and oxygen atoms in total. The Balaban J connectivity index is 2.29. The lowest BCUT2D eigenvalue weighted by atomic mass is 10.2. The van der Waals surface area contributed by atoms with Crippen molar-refractivity contribution in [3.05, 3.63) is 42.1 Å². The average molecular weight is 233 g/mol. The molecule has 1 aromatic rings. The second-order valence-corrected chi connectivity index (χ2v) is 3.45. The number of carbonyl (C=O) groups excluding carboxylic acids is 2. The third-order valence-corrected chi connectivity index (χ3v) is 2.27. The van der Waals surface area contributed by atoms with E-state index in [0.717, 1.165) is 0 Å². The van der Waals surface area contributed by atoms with Crippen molar-refractivity contribution in [2.75, 3.05) is 12.2 Å². The van der Waals surface area contributed by atoms with Gasteiger partial charge in [-0.1, -0.05) is 18.2 Å². The molecular weight excluding hydrogens is 222 g/mol. The highest BCUT2D eigenvalue weighted by atomic mass is 16.7. The zero-order chi connectivity index (χ0) is 12.3. The van der Waals surface area contributed by atoms with Crippen LogP contribution in [0, 0.1) is 0 Å². The molecule has 0 amide bonds. The van der Waals surface area contributed by atoms with Crippen LogP contribution in [0.25, 0.3) is 0 Å². The Hall–Kier alpha value is -2.30. The van der Waals surface area contributed by atoms with E-state index in [1.54, 1.807) is 12.1 Å². The van der Waals surface area contributed by atoms with Gasteiger partial charge >= 0.3 is 11.9 Å².